The standard InChI is InChI=1S/C14H13N5O2/c1-6-3-7(2)9(13(20)21)4-8(6)11-10(5-15)12(16)19-14(17)18-11/h3-4H,1-2H3,(H,20,21)(H4,16,17,18,19). The third kappa shape index (κ3) is 2.47. The Hall–Kier alpha value is -3.14. The number of aryl methyl sites for hydroxylation is 2. The maximum Gasteiger partial charge on any atom is 0.335 e. The molecule has 0 radical (unpaired) electrons. The van der Waals surface area contributed by atoms with E-state index in [0.717, 1.165) is 5.56 Å². The first-order valence-electron chi connectivity index (χ1n) is 6.03. The maximum atomic E-state index is 11.3. The van der Waals surface area contributed by atoms with Crippen molar-refractivity contribution in [3.8, 4) is 17.3 Å². The van der Waals surface area contributed by atoms with Crippen LogP contribution in [0, 0.1) is 25.2 Å². The van der Waals surface area contributed by atoms with E-state index in [0.29, 0.717) is 11.1 Å². The van der Waals surface area contributed by atoms with Gasteiger partial charge in [0, 0.05) is 5.56 Å². The monoisotopic (exact) mass is 283 g/mol. The Kier molecular flexibility index (Phi) is 3.46. The third-order valence-electron chi connectivity index (χ3n) is 3.12. The second kappa shape index (κ2) is 5.09. The fraction of sp³-hybridized carbons (Fsp3) is 0.143. The molecule has 0 unspecified atom stereocenters. The van der Waals surface area contributed by atoms with E-state index in [1.807, 2.05) is 6.07 Å². The van der Waals surface area contributed by atoms with Crippen molar-refractivity contribution in [2.45, 2.75) is 13.8 Å². The molecule has 7 nitrogen and oxygen atoms in total. The van der Waals surface area contributed by atoms with Crippen molar-refractivity contribution in [3.63, 3.8) is 0 Å². The van der Waals surface area contributed by atoms with E-state index in [4.69, 9.17) is 11.5 Å². The number of carboxylic acids is 1. The lowest BCUT2D eigenvalue weighted by atomic mass is 9.96. The van der Waals surface area contributed by atoms with Gasteiger partial charge < -0.3 is 16.6 Å². The van der Waals surface area contributed by atoms with Crippen LogP contribution in [0.2, 0.25) is 0 Å². The lowest BCUT2D eigenvalue weighted by molar-refractivity contribution is 0.0696. The van der Waals surface area contributed by atoms with Gasteiger partial charge in [-0.1, -0.05) is 6.07 Å². The van der Waals surface area contributed by atoms with Gasteiger partial charge in [0.2, 0.25) is 5.95 Å². The second-order valence-corrected chi connectivity index (χ2v) is 4.59. The van der Waals surface area contributed by atoms with Crippen molar-refractivity contribution in [1.29, 1.82) is 5.26 Å². The van der Waals surface area contributed by atoms with Crippen LogP contribution in [0.4, 0.5) is 11.8 Å². The lowest BCUT2D eigenvalue weighted by Crippen LogP contribution is -2.07. The molecule has 5 N–H and O–H groups in total. The molecule has 1 heterocycles. The number of carboxylic acid groups (broad SMARTS) is 1. The van der Waals surface area contributed by atoms with Gasteiger partial charge in [-0.3, -0.25) is 0 Å². The predicted molar refractivity (Wildman–Crippen MR) is 77.4 cm³/mol. The molecule has 0 atom stereocenters. The minimum atomic E-state index is -1.05. The first-order chi connectivity index (χ1) is 9.85. The lowest BCUT2D eigenvalue weighted by Gasteiger charge is -2.12. The van der Waals surface area contributed by atoms with Gasteiger partial charge in [0.1, 0.15) is 17.5 Å². The molecule has 2 aromatic rings. The molecule has 1 aromatic carbocycles. The van der Waals surface area contributed by atoms with Gasteiger partial charge in [0.25, 0.3) is 0 Å². The fourth-order valence-corrected chi connectivity index (χ4v) is 2.14. The number of aromatic nitrogens is 2. The summed E-state index contributed by atoms with van der Waals surface area (Å²) in [5.41, 5.74) is 13.6. The van der Waals surface area contributed by atoms with Crippen molar-refractivity contribution in [2.24, 2.45) is 0 Å². The van der Waals surface area contributed by atoms with Crippen LogP contribution in [-0.2, 0) is 0 Å². The van der Waals surface area contributed by atoms with Crippen LogP contribution in [0.1, 0.15) is 27.0 Å². The Labute approximate surface area is 120 Å². The molecule has 0 saturated heterocycles. The van der Waals surface area contributed by atoms with Crippen molar-refractivity contribution in [1.82, 2.24) is 9.97 Å². The van der Waals surface area contributed by atoms with Crippen LogP contribution in [-0.4, -0.2) is 21.0 Å². The maximum absolute atomic E-state index is 11.3. The zero-order chi connectivity index (χ0) is 15.7. The van der Waals surface area contributed by atoms with Crippen molar-refractivity contribution >= 4 is 17.7 Å². The molecule has 0 fully saturated rings. The predicted octanol–water partition coefficient (Wildman–Crippen LogP) is 1.49. The van der Waals surface area contributed by atoms with Crippen LogP contribution in [0.15, 0.2) is 12.1 Å². The first kappa shape index (κ1) is 14.3. The van der Waals surface area contributed by atoms with Gasteiger partial charge in [-0.25, -0.2) is 9.78 Å². The van der Waals surface area contributed by atoms with Crippen LogP contribution >= 0.6 is 0 Å². The van der Waals surface area contributed by atoms with E-state index >= 15 is 0 Å². The molecule has 0 aliphatic rings. The second-order valence-electron chi connectivity index (χ2n) is 4.59. The molecule has 0 aliphatic carbocycles. The van der Waals surface area contributed by atoms with Gasteiger partial charge in [-0.2, -0.15) is 10.2 Å². The molecular weight excluding hydrogens is 270 g/mol. The van der Waals surface area contributed by atoms with Gasteiger partial charge in [-0.05, 0) is 31.0 Å². The normalized spacial score (nSPS) is 10.1. The topological polar surface area (TPSA) is 139 Å². The van der Waals surface area contributed by atoms with E-state index in [1.165, 1.54) is 6.07 Å². The van der Waals surface area contributed by atoms with Gasteiger partial charge in [-0.15, -0.1) is 0 Å². The summed E-state index contributed by atoms with van der Waals surface area (Å²) < 4.78 is 0. The number of hydrogen-bond donors (Lipinski definition) is 3. The molecule has 0 amide bonds. The number of aromatic carboxylic acids is 1. The van der Waals surface area contributed by atoms with Gasteiger partial charge >= 0.3 is 5.97 Å². The highest BCUT2D eigenvalue weighted by Gasteiger charge is 2.18. The minimum Gasteiger partial charge on any atom is -0.478 e. The van der Waals surface area contributed by atoms with E-state index in [9.17, 15) is 15.2 Å². The summed E-state index contributed by atoms with van der Waals surface area (Å²) in [5.74, 6) is -1.16. The highest BCUT2D eigenvalue weighted by Crippen LogP contribution is 2.30. The third-order valence-corrected chi connectivity index (χ3v) is 3.12. The number of benzene rings is 1. The summed E-state index contributed by atoms with van der Waals surface area (Å²) in [6, 6.07) is 5.11. The van der Waals surface area contributed by atoms with Crippen molar-refractivity contribution in [2.75, 3.05) is 11.5 Å². The minimum absolute atomic E-state index is 0.0307. The first-order valence-corrected chi connectivity index (χ1v) is 6.03. The van der Waals surface area contributed by atoms with Crippen LogP contribution in [0.5, 0.6) is 0 Å². The molecule has 0 bridgehead atoms. The van der Waals surface area contributed by atoms with E-state index in [1.54, 1.807) is 19.9 Å². The van der Waals surface area contributed by atoms with E-state index in [2.05, 4.69) is 9.97 Å². The number of hydrogen-bond acceptors (Lipinski definition) is 6. The molecule has 2 rings (SSSR count). The Bertz CT molecular complexity index is 793. The Morgan fingerprint density at radius 1 is 1.24 bits per heavy atom. The zero-order valence-corrected chi connectivity index (χ0v) is 11.5. The van der Waals surface area contributed by atoms with Crippen molar-refractivity contribution < 1.29 is 9.90 Å². The van der Waals surface area contributed by atoms with E-state index < -0.39 is 5.97 Å². The number of carbonyl (C=O) groups is 1. The summed E-state index contributed by atoms with van der Waals surface area (Å²) in [6.45, 7) is 3.50. The highest BCUT2D eigenvalue weighted by molar-refractivity contribution is 5.92. The summed E-state index contributed by atoms with van der Waals surface area (Å²) >= 11 is 0. The van der Waals surface area contributed by atoms with Crippen LogP contribution in [0.25, 0.3) is 11.3 Å². The smallest absolute Gasteiger partial charge is 0.335 e. The van der Waals surface area contributed by atoms with Crippen LogP contribution in [0.3, 0.4) is 0 Å². The summed E-state index contributed by atoms with van der Waals surface area (Å²) in [6.07, 6.45) is 0. The zero-order valence-electron chi connectivity index (χ0n) is 11.5. The Balaban J connectivity index is 2.82. The van der Waals surface area contributed by atoms with Gasteiger partial charge in [0.05, 0.1) is 11.3 Å². The number of nitrogen functional groups attached to an aromatic ring is 2. The molecular formula is C14H13N5O2. The number of rotatable bonds is 2. The average molecular weight is 283 g/mol. The van der Waals surface area contributed by atoms with E-state index in [-0.39, 0.29) is 28.6 Å². The van der Waals surface area contributed by atoms with Gasteiger partial charge in [0.15, 0.2) is 0 Å². The quantitative estimate of drug-likeness (QED) is 0.758. The molecule has 1 aromatic heterocycles. The Morgan fingerprint density at radius 3 is 2.48 bits per heavy atom. The summed E-state index contributed by atoms with van der Waals surface area (Å²) in [5, 5.41) is 18.4. The van der Waals surface area contributed by atoms with Crippen LogP contribution < -0.4 is 11.5 Å². The fourth-order valence-electron chi connectivity index (χ4n) is 2.14. The number of nitrogens with zero attached hydrogens (tertiary/aromatic N) is 3. The largest absolute Gasteiger partial charge is 0.478 e. The molecule has 0 spiro atoms. The molecule has 0 aliphatic heterocycles. The summed E-state index contributed by atoms with van der Waals surface area (Å²) in [7, 11) is 0. The van der Waals surface area contributed by atoms with Crippen molar-refractivity contribution in [3.05, 3.63) is 34.4 Å². The summed E-state index contributed by atoms with van der Waals surface area (Å²) in [4.78, 5) is 19.0. The molecule has 7 heteroatoms. The Morgan fingerprint density at radius 2 is 1.90 bits per heavy atom. The molecule has 0 saturated carbocycles. The molecule has 21 heavy (non-hydrogen) atoms. The highest BCUT2D eigenvalue weighted by atomic mass is 16.4. The SMILES string of the molecule is Cc1cc(C)c(-c2nc(N)nc(N)c2C#N)cc1C(=O)O. The molecule has 106 valence electrons. The number of nitriles is 1. The number of anilines is 2. The average Bonchev–Trinajstić information content (AvgIpc) is 2.37. The number of nitrogens with two attached hydrogens (primary N) is 2.